The Balaban J connectivity index is 2.12. The normalized spacial score (nSPS) is 12.6. The molecule has 1 atom stereocenters. The lowest BCUT2D eigenvalue weighted by molar-refractivity contribution is 0.625. The average molecular weight is 262 g/mol. The highest BCUT2D eigenvalue weighted by Gasteiger charge is 2.14. The zero-order chi connectivity index (χ0) is 13.8. The highest BCUT2D eigenvalue weighted by atomic mass is 15.3. The van der Waals surface area contributed by atoms with Gasteiger partial charge in [-0.25, -0.2) is 4.98 Å². The van der Waals surface area contributed by atoms with Crippen molar-refractivity contribution in [3.05, 3.63) is 24.0 Å². The Morgan fingerprint density at radius 1 is 1.42 bits per heavy atom. The van der Waals surface area contributed by atoms with E-state index in [0.717, 1.165) is 30.4 Å². The fraction of sp³-hybridized carbons (Fsp3) is 0.615. The van der Waals surface area contributed by atoms with E-state index in [1.54, 1.807) is 6.33 Å². The number of imidazole rings is 1. The number of aryl methyl sites for hydroxylation is 3. The number of anilines is 1. The minimum absolute atomic E-state index is 0.0784. The minimum atomic E-state index is 0.0784. The summed E-state index contributed by atoms with van der Waals surface area (Å²) in [6.07, 6.45) is 6.13. The number of aromatic nitrogens is 5. The quantitative estimate of drug-likeness (QED) is 0.867. The van der Waals surface area contributed by atoms with Crippen LogP contribution in [-0.4, -0.2) is 24.3 Å². The molecule has 2 aromatic rings. The van der Waals surface area contributed by atoms with E-state index in [4.69, 9.17) is 0 Å². The summed E-state index contributed by atoms with van der Waals surface area (Å²) in [6.45, 7) is 7.27. The summed E-state index contributed by atoms with van der Waals surface area (Å²) in [5.74, 6) is 1.81. The Morgan fingerprint density at radius 2 is 2.21 bits per heavy atom. The molecule has 0 aliphatic rings. The van der Waals surface area contributed by atoms with Gasteiger partial charge in [0.2, 0.25) is 5.95 Å². The first-order valence-corrected chi connectivity index (χ1v) is 6.76. The smallest absolute Gasteiger partial charge is 0.203 e. The summed E-state index contributed by atoms with van der Waals surface area (Å²) in [5.41, 5.74) is 1.03. The Labute approximate surface area is 113 Å². The molecule has 6 nitrogen and oxygen atoms in total. The van der Waals surface area contributed by atoms with Crippen molar-refractivity contribution in [3.63, 3.8) is 0 Å². The fourth-order valence-electron chi connectivity index (χ4n) is 2.10. The van der Waals surface area contributed by atoms with Crippen LogP contribution >= 0.6 is 0 Å². The van der Waals surface area contributed by atoms with Crippen LogP contribution in [0.5, 0.6) is 0 Å². The van der Waals surface area contributed by atoms with Gasteiger partial charge in [-0.2, -0.15) is 0 Å². The van der Waals surface area contributed by atoms with Crippen molar-refractivity contribution in [2.45, 2.75) is 46.2 Å². The van der Waals surface area contributed by atoms with E-state index >= 15 is 0 Å². The van der Waals surface area contributed by atoms with Gasteiger partial charge in [0.25, 0.3) is 0 Å². The van der Waals surface area contributed by atoms with Crippen LogP contribution in [0.1, 0.15) is 44.2 Å². The fourth-order valence-corrected chi connectivity index (χ4v) is 2.10. The maximum Gasteiger partial charge on any atom is 0.203 e. The standard InChI is InChI=1S/C13H22N6/c1-5-6-7-19-8-10(2)15-13(19)16-11(3)12-17-14-9-18(12)4/h8-9,11H,5-7H2,1-4H3,(H,15,16). The van der Waals surface area contributed by atoms with Gasteiger partial charge >= 0.3 is 0 Å². The molecule has 1 N–H and O–H groups in total. The molecule has 2 aromatic heterocycles. The van der Waals surface area contributed by atoms with Crippen molar-refractivity contribution >= 4 is 5.95 Å². The van der Waals surface area contributed by atoms with Crippen molar-refractivity contribution in [3.8, 4) is 0 Å². The monoisotopic (exact) mass is 262 g/mol. The van der Waals surface area contributed by atoms with Gasteiger partial charge in [0.15, 0.2) is 5.82 Å². The van der Waals surface area contributed by atoms with Crippen LogP contribution in [0.15, 0.2) is 12.5 Å². The van der Waals surface area contributed by atoms with Crippen LogP contribution in [0, 0.1) is 6.92 Å². The van der Waals surface area contributed by atoms with Crippen molar-refractivity contribution < 1.29 is 0 Å². The molecule has 0 bridgehead atoms. The van der Waals surface area contributed by atoms with Gasteiger partial charge < -0.3 is 14.5 Å². The zero-order valence-corrected chi connectivity index (χ0v) is 12.1. The van der Waals surface area contributed by atoms with Crippen molar-refractivity contribution in [1.29, 1.82) is 0 Å². The topological polar surface area (TPSA) is 60.6 Å². The summed E-state index contributed by atoms with van der Waals surface area (Å²) in [5, 5.41) is 11.4. The molecule has 0 saturated heterocycles. The molecule has 2 rings (SSSR count). The Morgan fingerprint density at radius 3 is 2.84 bits per heavy atom. The maximum atomic E-state index is 4.54. The highest BCUT2D eigenvalue weighted by molar-refractivity contribution is 5.31. The predicted molar refractivity (Wildman–Crippen MR) is 74.9 cm³/mol. The van der Waals surface area contributed by atoms with Crippen molar-refractivity contribution in [1.82, 2.24) is 24.3 Å². The molecule has 0 aliphatic carbocycles. The number of hydrogen-bond acceptors (Lipinski definition) is 4. The summed E-state index contributed by atoms with van der Waals surface area (Å²) in [4.78, 5) is 4.54. The third-order valence-electron chi connectivity index (χ3n) is 3.13. The van der Waals surface area contributed by atoms with Crippen molar-refractivity contribution in [2.24, 2.45) is 7.05 Å². The van der Waals surface area contributed by atoms with E-state index < -0.39 is 0 Å². The molecule has 104 valence electrons. The zero-order valence-electron chi connectivity index (χ0n) is 12.1. The molecule has 0 amide bonds. The third-order valence-corrected chi connectivity index (χ3v) is 3.13. The molecule has 0 aromatic carbocycles. The number of rotatable bonds is 6. The predicted octanol–water partition coefficient (Wildman–Crippen LogP) is 2.29. The van der Waals surface area contributed by atoms with Crippen LogP contribution in [0.25, 0.3) is 0 Å². The van der Waals surface area contributed by atoms with E-state index in [0.29, 0.717) is 0 Å². The first kappa shape index (κ1) is 13.6. The SMILES string of the molecule is CCCCn1cc(C)nc1NC(C)c1nncn1C. The number of unbranched alkanes of at least 4 members (excludes halogenated alkanes) is 1. The van der Waals surface area contributed by atoms with Gasteiger partial charge in [0.05, 0.1) is 11.7 Å². The Kier molecular flexibility index (Phi) is 4.19. The molecule has 1 unspecified atom stereocenters. The second-order valence-corrected chi connectivity index (χ2v) is 4.92. The van der Waals surface area contributed by atoms with Crippen LogP contribution in [0.4, 0.5) is 5.95 Å². The van der Waals surface area contributed by atoms with Crippen LogP contribution in [0.2, 0.25) is 0 Å². The minimum Gasteiger partial charge on any atom is -0.346 e. The average Bonchev–Trinajstić information content (AvgIpc) is 2.93. The highest BCUT2D eigenvalue weighted by Crippen LogP contribution is 2.17. The summed E-state index contributed by atoms with van der Waals surface area (Å²) >= 11 is 0. The number of nitrogens with one attached hydrogen (secondary N) is 1. The third kappa shape index (κ3) is 3.13. The molecular weight excluding hydrogens is 240 g/mol. The molecule has 2 heterocycles. The molecule has 0 saturated carbocycles. The lowest BCUT2D eigenvalue weighted by Crippen LogP contribution is -2.15. The summed E-state index contributed by atoms with van der Waals surface area (Å²) in [6, 6.07) is 0.0784. The van der Waals surface area contributed by atoms with Gasteiger partial charge in [0.1, 0.15) is 6.33 Å². The first-order chi connectivity index (χ1) is 9.11. The largest absolute Gasteiger partial charge is 0.346 e. The summed E-state index contributed by atoms with van der Waals surface area (Å²) < 4.78 is 4.09. The maximum absolute atomic E-state index is 4.54. The van der Waals surface area contributed by atoms with Crippen molar-refractivity contribution in [2.75, 3.05) is 5.32 Å². The molecular formula is C13H22N6. The van der Waals surface area contributed by atoms with Crippen LogP contribution < -0.4 is 5.32 Å². The van der Waals surface area contributed by atoms with Gasteiger partial charge in [-0.3, -0.25) is 0 Å². The lowest BCUT2D eigenvalue weighted by Gasteiger charge is -2.15. The number of nitrogens with zero attached hydrogens (tertiary/aromatic N) is 5. The molecule has 0 aliphatic heterocycles. The number of hydrogen-bond donors (Lipinski definition) is 1. The van der Waals surface area contributed by atoms with E-state index in [2.05, 4.69) is 45.1 Å². The molecule has 0 radical (unpaired) electrons. The molecule has 19 heavy (non-hydrogen) atoms. The molecule has 6 heteroatoms. The van der Waals surface area contributed by atoms with Gasteiger partial charge in [0, 0.05) is 19.8 Å². The molecule has 0 fully saturated rings. The Hall–Kier alpha value is -1.85. The van der Waals surface area contributed by atoms with E-state index in [-0.39, 0.29) is 6.04 Å². The second-order valence-electron chi connectivity index (χ2n) is 4.92. The van der Waals surface area contributed by atoms with Gasteiger partial charge in [-0.1, -0.05) is 13.3 Å². The molecule has 0 spiro atoms. The first-order valence-electron chi connectivity index (χ1n) is 6.76. The van der Waals surface area contributed by atoms with E-state index in [1.165, 1.54) is 6.42 Å². The van der Waals surface area contributed by atoms with E-state index in [1.807, 2.05) is 18.5 Å². The summed E-state index contributed by atoms with van der Waals surface area (Å²) in [7, 11) is 1.95. The van der Waals surface area contributed by atoms with Crippen LogP contribution in [-0.2, 0) is 13.6 Å². The Bertz CT molecular complexity index is 527. The van der Waals surface area contributed by atoms with Crippen LogP contribution in [0.3, 0.4) is 0 Å². The lowest BCUT2D eigenvalue weighted by atomic mass is 10.3. The second kappa shape index (κ2) is 5.86. The van der Waals surface area contributed by atoms with Gasteiger partial charge in [-0.15, -0.1) is 10.2 Å². The van der Waals surface area contributed by atoms with Gasteiger partial charge in [-0.05, 0) is 20.3 Å². The van der Waals surface area contributed by atoms with E-state index in [9.17, 15) is 0 Å².